The molecule has 32 heavy (non-hydrogen) atoms. The number of aliphatic carboxylic acids is 1. The zero-order valence-corrected chi connectivity index (χ0v) is 18.5. The molecule has 1 aliphatic rings. The molecule has 2 aromatic rings. The fourth-order valence-electron chi connectivity index (χ4n) is 3.32. The highest BCUT2D eigenvalue weighted by Crippen LogP contribution is 2.20. The van der Waals surface area contributed by atoms with Crippen molar-refractivity contribution < 1.29 is 27.9 Å². The van der Waals surface area contributed by atoms with Crippen molar-refractivity contribution in [3.8, 4) is 0 Å². The van der Waals surface area contributed by atoms with E-state index < -0.39 is 16.0 Å². The molecule has 0 aromatic heterocycles. The van der Waals surface area contributed by atoms with E-state index in [4.69, 9.17) is 9.84 Å². The number of carbonyl (C=O) groups excluding carboxylic acids is 1. The number of carboxylic acids is 1. The van der Waals surface area contributed by atoms with Crippen LogP contribution in [0.25, 0.3) is 0 Å². The second-order valence-electron chi connectivity index (χ2n) is 7.40. The molecule has 9 nitrogen and oxygen atoms in total. The van der Waals surface area contributed by atoms with Crippen LogP contribution in [-0.4, -0.2) is 63.2 Å². The van der Waals surface area contributed by atoms with Crippen LogP contribution in [0.1, 0.15) is 18.4 Å². The number of anilines is 1. The van der Waals surface area contributed by atoms with E-state index in [1.807, 2.05) is 30.3 Å². The summed E-state index contributed by atoms with van der Waals surface area (Å²) in [5, 5.41) is 8.62. The van der Waals surface area contributed by atoms with Gasteiger partial charge in [0.15, 0.2) is 0 Å². The van der Waals surface area contributed by atoms with E-state index in [9.17, 15) is 18.0 Å². The van der Waals surface area contributed by atoms with Crippen LogP contribution in [0.15, 0.2) is 59.5 Å². The number of hydrogen-bond donors (Lipinski definition) is 2. The van der Waals surface area contributed by atoms with Gasteiger partial charge in [0.2, 0.25) is 10.0 Å². The first-order chi connectivity index (χ1) is 15.3. The van der Waals surface area contributed by atoms with Crippen molar-refractivity contribution in [3.05, 3.63) is 60.2 Å². The maximum atomic E-state index is 12.3. The number of amides is 1. The molecule has 0 saturated carbocycles. The number of carboxylic acid groups (broad SMARTS) is 1. The summed E-state index contributed by atoms with van der Waals surface area (Å²) in [6.07, 6.45) is -0.207. The van der Waals surface area contributed by atoms with Gasteiger partial charge in [-0.1, -0.05) is 30.3 Å². The number of ether oxygens (including phenoxy) is 1. The first kappa shape index (κ1) is 23.6. The normalized spacial score (nSPS) is 14.2. The molecule has 1 amide bonds. The van der Waals surface area contributed by atoms with Gasteiger partial charge in [-0.05, 0) is 36.2 Å². The molecule has 0 unspecified atom stereocenters. The van der Waals surface area contributed by atoms with Gasteiger partial charge in [0.25, 0.3) is 0 Å². The molecular weight excluding hydrogens is 434 g/mol. The number of hydrogen-bond acceptors (Lipinski definition) is 6. The summed E-state index contributed by atoms with van der Waals surface area (Å²) in [7, 11) is -3.69. The van der Waals surface area contributed by atoms with E-state index in [0.717, 1.165) is 11.3 Å². The van der Waals surface area contributed by atoms with Crippen LogP contribution in [0, 0.1) is 0 Å². The summed E-state index contributed by atoms with van der Waals surface area (Å²) >= 11 is 0. The largest absolute Gasteiger partial charge is 0.481 e. The molecule has 0 aliphatic carbocycles. The predicted octanol–water partition coefficient (Wildman–Crippen LogP) is 2.29. The summed E-state index contributed by atoms with van der Waals surface area (Å²) in [5.74, 6) is -0.960. The van der Waals surface area contributed by atoms with E-state index in [2.05, 4.69) is 9.62 Å². The van der Waals surface area contributed by atoms with Gasteiger partial charge in [0.1, 0.15) is 6.61 Å². The Labute approximate surface area is 187 Å². The van der Waals surface area contributed by atoms with Gasteiger partial charge in [-0.25, -0.2) is 17.9 Å². The van der Waals surface area contributed by atoms with Crippen LogP contribution in [-0.2, 0) is 26.2 Å². The average Bonchev–Trinajstić information content (AvgIpc) is 2.81. The third-order valence-corrected chi connectivity index (χ3v) is 6.59. The third kappa shape index (κ3) is 6.69. The summed E-state index contributed by atoms with van der Waals surface area (Å²) in [6, 6.07) is 16.0. The maximum Gasteiger partial charge on any atom is 0.410 e. The lowest BCUT2D eigenvalue weighted by Gasteiger charge is -2.35. The van der Waals surface area contributed by atoms with Crippen molar-refractivity contribution in [2.75, 3.05) is 37.6 Å². The van der Waals surface area contributed by atoms with Gasteiger partial charge in [0, 0.05) is 44.8 Å². The van der Waals surface area contributed by atoms with E-state index in [-0.39, 0.29) is 37.0 Å². The summed E-state index contributed by atoms with van der Waals surface area (Å²) < 4.78 is 32.4. The molecule has 10 heteroatoms. The molecule has 0 spiro atoms. The minimum atomic E-state index is -3.69. The van der Waals surface area contributed by atoms with Crippen molar-refractivity contribution in [2.24, 2.45) is 0 Å². The molecule has 1 saturated heterocycles. The molecular formula is C22H27N3O6S. The highest BCUT2D eigenvalue weighted by Gasteiger charge is 2.23. The molecule has 0 atom stereocenters. The Morgan fingerprint density at radius 3 is 2.25 bits per heavy atom. The quantitative estimate of drug-likeness (QED) is 0.551. The number of sulfonamides is 1. The third-order valence-electron chi connectivity index (χ3n) is 5.11. The monoisotopic (exact) mass is 461 g/mol. The Morgan fingerprint density at radius 1 is 0.969 bits per heavy atom. The standard InChI is InChI=1S/C22H27N3O6S/c26-21(27)7-4-12-23-32(29,30)20-10-8-19(9-11-20)24-13-15-25(16-14-24)22(28)31-17-18-5-2-1-3-6-18/h1-3,5-6,8-11,23H,4,7,12-17H2,(H,26,27). The van der Waals surface area contributed by atoms with Crippen LogP contribution in [0.4, 0.5) is 10.5 Å². The minimum Gasteiger partial charge on any atom is -0.481 e. The highest BCUT2D eigenvalue weighted by molar-refractivity contribution is 7.89. The Morgan fingerprint density at radius 2 is 1.62 bits per heavy atom. The van der Waals surface area contributed by atoms with Crippen LogP contribution < -0.4 is 9.62 Å². The first-order valence-electron chi connectivity index (χ1n) is 10.4. The fourth-order valence-corrected chi connectivity index (χ4v) is 4.40. The lowest BCUT2D eigenvalue weighted by atomic mass is 10.2. The van der Waals surface area contributed by atoms with Crippen LogP contribution in [0.5, 0.6) is 0 Å². The number of piperazine rings is 1. The fraction of sp³-hybridized carbons (Fsp3) is 0.364. The van der Waals surface area contributed by atoms with Gasteiger partial charge >= 0.3 is 12.1 Å². The number of carbonyl (C=O) groups is 2. The number of rotatable bonds is 9. The van der Waals surface area contributed by atoms with Crippen molar-refractivity contribution in [1.82, 2.24) is 9.62 Å². The zero-order chi connectivity index (χ0) is 23.0. The van der Waals surface area contributed by atoms with Crippen molar-refractivity contribution >= 4 is 27.8 Å². The second-order valence-corrected chi connectivity index (χ2v) is 9.17. The average molecular weight is 462 g/mol. The molecule has 2 aromatic carbocycles. The summed E-state index contributed by atoms with van der Waals surface area (Å²) in [6.45, 7) is 2.55. The predicted molar refractivity (Wildman–Crippen MR) is 119 cm³/mol. The van der Waals surface area contributed by atoms with Crippen LogP contribution >= 0.6 is 0 Å². The molecule has 3 rings (SSSR count). The van der Waals surface area contributed by atoms with Gasteiger partial charge in [-0.3, -0.25) is 4.79 Å². The zero-order valence-electron chi connectivity index (χ0n) is 17.6. The molecule has 172 valence electrons. The highest BCUT2D eigenvalue weighted by atomic mass is 32.2. The molecule has 1 fully saturated rings. The van der Waals surface area contributed by atoms with Gasteiger partial charge < -0.3 is 19.6 Å². The van der Waals surface area contributed by atoms with Gasteiger partial charge in [-0.15, -0.1) is 0 Å². The van der Waals surface area contributed by atoms with Crippen molar-refractivity contribution in [3.63, 3.8) is 0 Å². The summed E-state index contributed by atoms with van der Waals surface area (Å²) in [4.78, 5) is 26.7. The Hall–Kier alpha value is -3.11. The Balaban J connectivity index is 1.47. The van der Waals surface area contributed by atoms with Gasteiger partial charge in [-0.2, -0.15) is 0 Å². The summed E-state index contributed by atoms with van der Waals surface area (Å²) in [5.41, 5.74) is 1.80. The topological polar surface area (TPSA) is 116 Å². The second kappa shape index (κ2) is 11.0. The van der Waals surface area contributed by atoms with Crippen molar-refractivity contribution in [2.45, 2.75) is 24.3 Å². The minimum absolute atomic E-state index is 0.0682. The molecule has 2 N–H and O–H groups in total. The van der Waals surface area contributed by atoms with Crippen LogP contribution in [0.3, 0.4) is 0 Å². The van der Waals surface area contributed by atoms with Gasteiger partial charge in [0.05, 0.1) is 4.90 Å². The Kier molecular flexibility index (Phi) is 8.07. The number of nitrogens with one attached hydrogen (secondary N) is 1. The van der Waals surface area contributed by atoms with E-state index in [1.165, 1.54) is 12.1 Å². The SMILES string of the molecule is O=C(O)CCCNS(=O)(=O)c1ccc(N2CCN(C(=O)OCc3ccccc3)CC2)cc1. The van der Waals surface area contributed by atoms with E-state index >= 15 is 0 Å². The lowest BCUT2D eigenvalue weighted by molar-refractivity contribution is -0.137. The van der Waals surface area contributed by atoms with E-state index in [1.54, 1.807) is 17.0 Å². The Bertz CT molecular complexity index is 1000. The first-order valence-corrected chi connectivity index (χ1v) is 11.9. The molecule has 1 aliphatic heterocycles. The van der Waals surface area contributed by atoms with Crippen molar-refractivity contribution in [1.29, 1.82) is 0 Å². The molecule has 0 bridgehead atoms. The molecule has 0 radical (unpaired) electrons. The smallest absolute Gasteiger partial charge is 0.410 e. The van der Waals surface area contributed by atoms with Crippen LogP contribution in [0.2, 0.25) is 0 Å². The molecule has 1 heterocycles. The maximum absolute atomic E-state index is 12.3. The van der Waals surface area contributed by atoms with E-state index in [0.29, 0.717) is 26.2 Å². The number of benzene rings is 2. The lowest BCUT2D eigenvalue weighted by Crippen LogP contribution is -2.48. The number of nitrogens with zero attached hydrogens (tertiary/aromatic N) is 2.